The first-order valence-corrected chi connectivity index (χ1v) is 5.11. The lowest BCUT2D eigenvalue weighted by atomic mass is 10.0. The van der Waals surface area contributed by atoms with E-state index in [2.05, 4.69) is 10.0 Å². The lowest BCUT2D eigenvalue weighted by Crippen LogP contribution is -2.07. The van der Waals surface area contributed by atoms with Crippen LogP contribution in [0.1, 0.15) is 32.1 Å². The summed E-state index contributed by atoms with van der Waals surface area (Å²) in [6.45, 7) is 0. The van der Waals surface area contributed by atoms with Crippen molar-refractivity contribution in [1.29, 1.82) is 0 Å². The minimum atomic E-state index is 0.612. The summed E-state index contributed by atoms with van der Waals surface area (Å²) >= 11 is 1.80. The largest absolute Gasteiger partial charge is 0.153 e. The van der Waals surface area contributed by atoms with Crippen molar-refractivity contribution >= 4 is 11.8 Å². The van der Waals surface area contributed by atoms with Crippen LogP contribution in [-0.2, 0) is 0 Å². The smallest absolute Gasteiger partial charge is 0.0724 e. The second-order valence-corrected chi connectivity index (χ2v) is 4.04. The minimum Gasteiger partial charge on any atom is -0.153 e. The van der Waals surface area contributed by atoms with Gasteiger partial charge in [0, 0.05) is 10.2 Å². The fourth-order valence-corrected chi connectivity index (χ4v) is 2.39. The van der Waals surface area contributed by atoms with Gasteiger partial charge in [-0.25, -0.2) is 0 Å². The van der Waals surface area contributed by atoms with Gasteiger partial charge in [0.2, 0.25) is 0 Å². The molecule has 0 amide bonds. The lowest BCUT2D eigenvalue weighted by Gasteiger charge is -2.19. The average molecular weight is 171 g/mol. The molecule has 0 atom stereocenters. The maximum absolute atomic E-state index is 8.04. The lowest BCUT2D eigenvalue weighted by molar-refractivity contribution is 0.516. The van der Waals surface area contributed by atoms with E-state index in [1.165, 1.54) is 32.1 Å². The van der Waals surface area contributed by atoms with Crippen molar-refractivity contribution in [2.24, 2.45) is 5.11 Å². The molecule has 4 heteroatoms. The first-order valence-electron chi connectivity index (χ1n) is 4.06. The maximum Gasteiger partial charge on any atom is 0.0724 e. The van der Waals surface area contributed by atoms with Crippen molar-refractivity contribution in [1.82, 2.24) is 0 Å². The molecule has 0 saturated heterocycles. The molecular weight excluding hydrogens is 158 g/mol. The topological polar surface area (TPSA) is 48.8 Å². The fourth-order valence-electron chi connectivity index (χ4n) is 1.40. The molecule has 62 valence electrons. The molecule has 0 unspecified atom stereocenters. The van der Waals surface area contributed by atoms with Crippen LogP contribution in [0.3, 0.4) is 0 Å². The number of thioether (sulfide) groups is 1. The van der Waals surface area contributed by atoms with Gasteiger partial charge in [0.25, 0.3) is 0 Å². The summed E-state index contributed by atoms with van der Waals surface area (Å²) in [4.78, 5) is 2.72. The number of nitrogens with zero attached hydrogens (tertiary/aromatic N) is 3. The van der Waals surface area contributed by atoms with Crippen LogP contribution in [0.25, 0.3) is 10.4 Å². The van der Waals surface area contributed by atoms with Gasteiger partial charge < -0.3 is 0 Å². The molecule has 0 heterocycles. The highest BCUT2D eigenvalue weighted by molar-refractivity contribution is 7.99. The molecule has 1 aliphatic rings. The summed E-state index contributed by atoms with van der Waals surface area (Å²) in [6.07, 6.45) is 6.72. The van der Waals surface area contributed by atoms with Gasteiger partial charge >= 0.3 is 0 Å². The van der Waals surface area contributed by atoms with E-state index in [-0.39, 0.29) is 0 Å². The number of rotatable bonds is 3. The van der Waals surface area contributed by atoms with Crippen molar-refractivity contribution in [2.75, 3.05) is 5.88 Å². The Morgan fingerprint density at radius 2 is 2.09 bits per heavy atom. The van der Waals surface area contributed by atoms with Gasteiger partial charge in [0.05, 0.1) is 5.88 Å². The van der Waals surface area contributed by atoms with E-state index >= 15 is 0 Å². The molecular formula is C7H13N3S. The molecule has 0 N–H and O–H groups in total. The van der Waals surface area contributed by atoms with Crippen LogP contribution in [0.15, 0.2) is 5.11 Å². The van der Waals surface area contributed by atoms with Crippen LogP contribution in [0, 0.1) is 0 Å². The van der Waals surface area contributed by atoms with Crippen molar-refractivity contribution in [3.63, 3.8) is 0 Å². The Bertz CT molecular complexity index is 148. The summed E-state index contributed by atoms with van der Waals surface area (Å²) in [5, 5.41) is 4.27. The van der Waals surface area contributed by atoms with Gasteiger partial charge in [0.15, 0.2) is 0 Å². The standard InChI is InChI=1S/C7H13N3S/c8-10-9-6-11-7-4-2-1-3-5-7/h7H,1-6H2. The predicted molar refractivity (Wildman–Crippen MR) is 48.5 cm³/mol. The van der Waals surface area contributed by atoms with E-state index in [0.29, 0.717) is 5.88 Å². The van der Waals surface area contributed by atoms with Crippen molar-refractivity contribution in [3.05, 3.63) is 10.4 Å². The van der Waals surface area contributed by atoms with Crippen LogP contribution < -0.4 is 0 Å². The van der Waals surface area contributed by atoms with E-state index in [0.717, 1.165) is 5.25 Å². The van der Waals surface area contributed by atoms with E-state index in [1.54, 1.807) is 11.8 Å². The highest BCUT2D eigenvalue weighted by Gasteiger charge is 2.12. The van der Waals surface area contributed by atoms with E-state index in [4.69, 9.17) is 5.53 Å². The average Bonchev–Trinajstić information content (AvgIpc) is 2.07. The molecule has 0 radical (unpaired) electrons. The molecule has 1 aliphatic carbocycles. The highest BCUT2D eigenvalue weighted by atomic mass is 32.2. The molecule has 0 aromatic rings. The Hall–Kier alpha value is -0.340. The molecule has 1 rings (SSSR count). The second kappa shape index (κ2) is 5.33. The molecule has 3 nitrogen and oxygen atoms in total. The van der Waals surface area contributed by atoms with Crippen molar-refractivity contribution in [2.45, 2.75) is 37.4 Å². The zero-order valence-electron chi connectivity index (χ0n) is 6.57. The molecule has 0 bridgehead atoms. The van der Waals surface area contributed by atoms with Gasteiger partial charge in [-0.3, -0.25) is 0 Å². The molecule has 1 fully saturated rings. The van der Waals surface area contributed by atoms with Crippen molar-refractivity contribution in [3.8, 4) is 0 Å². The van der Waals surface area contributed by atoms with Crippen LogP contribution in [0.2, 0.25) is 0 Å². The Labute approximate surface area is 71.2 Å². The Balaban J connectivity index is 2.09. The highest BCUT2D eigenvalue weighted by Crippen LogP contribution is 2.27. The maximum atomic E-state index is 8.04. The Morgan fingerprint density at radius 3 is 2.73 bits per heavy atom. The molecule has 0 aliphatic heterocycles. The summed E-state index contributed by atoms with van der Waals surface area (Å²) in [6, 6.07) is 0. The van der Waals surface area contributed by atoms with E-state index in [9.17, 15) is 0 Å². The van der Waals surface area contributed by atoms with Crippen LogP contribution in [0.4, 0.5) is 0 Å². The zero-order valence-corrected chi connectivity index (χ0v) is 7.39. The normalized spacial score (nSPS) is 19.3. The first kappa shape index (κ1) is 8.75. The minimum absolute atomic E-state index is 0.612. The number of hydrogen-bond acceptors (Lipinski definition) is 2. The van der Waals surface area contributed by atoms with E-state index in [1.807, 2.05) is 0 Å². The predicted octanol–water partition coefficient (Wildman–Crippen LogP) is 3.32. The molecule has 0 aromatic heterocycles. The van der Waals surface area contributed by atoms with Gasteiger partial charge in [-0.2, -0.15) is 11.8 Å². The second-order valence-electron chi connectivity index (χ2n) is 2.79. The Kier molecular flexibility index (Phi) is 4.24. The number of hydrogen-bond donors (Lipinski definition) is 0. The van der Waals surface area contributed by atoms with Crippen LogP contribution >= 0.6 is 11.8 Å². The van der Waals surface area contributed by atoms with Gasteiger partial charge in [-0.1, -0.05) is 24.4 Å². The van der Waals surface area contributed by atoms with Crippen LogP contribution in [-0.4, -0.2) is 11.1 Å². The van der Waals surface area contributed by atoms with E-state index < -0.39 is 0 Å². The first-order chi connectivity index (χ1) is 5.43. The molecule has 11 heavy (non-hydrogen) atoms. The summed E-state index contributed by atoms with van der Waals surface area (Å²) in [7, 11) is 0. The van der Waals surface area contributed by atoms with Crippen LogP contribution in [0.5, 0.6) is 0 Å². The van der Waals surface area contributed by atoms with Crippen molar-refractivity contribution < 1.29 is 0 Å². The summed E-state index contributed by atoms with van der Waals surface area (Å²) in [5.41, 5.74) is 8.04. The summed E-state index contributed by atoms with van der Waals surface area (Å²) < 4.78 is 0. The third-order valence-electron chi connectivity index (χ3n) is 1.98. The molecule has 0 aromatic carbocycles. The molecule has 0 spiro atoms. The van der Waals surface area contributed by atoms with Gasteiger partial charge in [-0.15, -0.1) is 0 Å². The molecule has 1 saturated carbocycles. The van der Waals surface area contributed by atoms with Gasteiger partial charge in [-0.05, 0) is 18.4 Å². The summed E-state index contributed by atoms with van der Waals surface area (Å²) in [5.74, 6) is 0.612. The SMILES string of the molecule is [N-]=[N+]=NCSC1CCCCC1. The quantitative estimate of drug-likeness (QED) is 0.365. The fraction of sp³-hybridized carbons (Fsp3) is 1.00. The zero-order chi connectivity index (χ0) is 7.94. The third kappa shape index (κ3) is 3.54. The third-order valence-corrected chi connectivity index (χ3v) is 3.19. The Morgan fingerprint density at radius 1 is 1.36 bits per heavy atom. The monoisotopic (exact) mass is 171 g/mol. The number of azide groups is 1. The van der Waals surface area contributed by atoms with Gasteiger partial charge in [0.1, 0.15) is 0 Å².